The van der Waals surface area contributed by atoms with Crippen LogP contribution in [0.3, 0.4) is 0 Å². The molecule has 2 N–H and O–H groups in total. The molecule has 0 radical (unpaired) electrons. The normalized spacial score (nSPS) is 10.7. The number of anilines is 1. The molecule has 0 fully saturated rings. The van der Waals surface area contributed by atoms with Crippen molar-refractivity contribution in [3.63, 3.8) is 0 Å². The molecular formula is C13H8BrFN4O. The van der Waals surface area contributed by atoms with E-state index in [4.69, 9.17) is 10.3 Å². The molecule has 0 aliphatic carbocycles. The first kappa shape index (κ1) is 12.7. The minimum absolute atomic E-state index is 0.189. The summed E-state index contributed by atoms with van der Waals surface area (Å²) in [5.74, 6) is 0.0672. The predicted molar refractivity (Wildman–Crippen MR) is 75.0 cm³/mol. The van der Waals surface area contributed by atoms with Crippen molar-refractivity contribution in [3.05, 3.63) is 46.8 Å². The van der Waals surface area contributed by atoms with Gasteiger partial charge < -0.3 is 10.3 Å². The van der Waals surface area contributed by atoms with Crippen molar-refractivity contribution in [1.29, 1.82) is 0 Å². The Kier molecular flexibility index (Phi) is 3.19. The maximum Gasteiger partial charge on any atom is 0.278 e. The summed E-state index contributed by atoms with van der Waals surface area (Å²) >= 11 is 3.32. The number of rotatable bonds is 2. The van der Waals surface area contributed by atoms with Crippen LogP contribution < -0.4 is 5.73 Å². The average Bonchev–Trinajstić information content (AvgIpc) is 2.91. The van der Waals surface area contributed by atoms with E-state index in [9.17, 15) is 4.39 Å². The standard InChI is InChI=1S/C13H8BrFN4O/c14-9-4-3-7(15)6-8(9)12-18-13(20-19-12)11-10(16)2-1-5-17-11/h1-6H,16H2. The highest BCUT2D eigenvalue weighted by Crippen LogP contribution is 2.29. The quantitative estimate of drug-likeness (QED) is 0.778. The van der Waals surface area contributed by atoms with Crippen LogP contribution in [0.4, 0.5) is 10.1 Å². The molecule has 0 amide bonds. The van der Waals surface area contributed by atoms with Gasteiger partial charge in [0.05, 0.1) is 5.69 Å². The summed E-state index contributed by atoms with van der Waals surface area (Å²) in [6, 6.07) is 7.63. The second-order valence-corrected chi connectivity index (χ2v) is 4.84. The summed E-state index contributed by atoms with van der Waals surface area (Å²) in [7, 11) is 0. The Morgan fingerprint density at radius 3 is 2.90 bits per heavy atom. The summed E-state index contributed by atoms with van der Waals surface area (Å²) in [5, 5.41) is 3.83. The molecule has 0 aliphatic rings. The molecule has 100 valence electrons. The van der Waals surface area contributed by atoms with Crippen molar-refractivity contribution in [1.82, 2.24) is 15.1 Å². The molecule has 0 unspecified atom stereocenters. The third-order valence-corrected chi connectivity index (χ3v) is 3.33. The maximum absolute atomic E-state index is 13.3. The zero-order valence-corrected chi connectivity index (χ0v) is 11.6. The third-order valence-electron chi connectivity index (χ3n) is 2.64. The van der Waals surface area contributed by atoms with Gasteiger partial charge in [-0.05, 0) is 30.3 Å². The van der Waals surface area contributed by atoms with Crippen molar-refractivity contribution in [2.45, 2.75) is 0 Å². The van der Waals surface area contributed by atoms with Crippen molar-refractivity contribution >= 4 is 21.6 Å². The molecular weight excluding hydrogens is 327 g/mol. The van der Waals surface area contributed by atoms with Crippen molar-refractivity contribution in [2.24, 2.45) is 0 Å². The van der Waals surface area contributed by atoms with E-state index in [-0.39, 0.29) is 17.5 Å². The third kappa shape index (κ3) is 2.27. The van der Waals surface area contributed by atoms with E-state index in [0.717, 1.165) is 0 Å². The van der Waals surface area contributed by atoms with E-state index in [2.05, 4.69) is 31.1 Å². The second-order valence-electron chi connectivity index (χ2n) is 3.99. The number of nitrogens with zero attached hydrogens (tertiary/aromatic N) is 3. The van der Waals surface area contributed by atoms with Crippen molar-refractivity contribution in [2.75, 3.05) is 5.73 Å². The molecule has 2 heterocycles. The molecule has 0 aliphatic heterocycles. The van der Waals surface area contributed by atoms with E-state index in [1.807, 2.05) is 0 Å². The van der Waals surface area contributed by atoms with Crippen LogP contribution in [-0.4, -0.2) is 15.1 Å². The highest BCUT2D eigenvalue weighted by molar-refractivity contribution is 9.10. The van der Waals surface area contributed by atoms with Gasteiger partial charge >= 0.3 is 0 Å². The van der Waals surface area contributed by atoms with Gasteiger partial charge in [0.25, 0.3) is 5.89 Å². The molecule has 1 aromatic carbocycles. The van der Waals surface area contributed by atoms with Gasteiger partial charge in [-0.3, -0.25) is 0 Å². The van der Waals surface area contributed by atoms with Gasteiger partial charge in [0.15, 0.2) is 5.69 Å². The Morgan fingerprint density at radius 1 is 1.25 bits per heavy atom. The van der Waals surface area contributed by atoms with Gasteiger partial charge in [0.2, 0.25) is 5.82 Å². The van der Waals surface area contributed by atoms with E-state index < -0.39 is 0 Å². The van der Waals surface area contributed by atoms with Gasteiger partial charge in [0, 0.05) is 16.2 Å². The predicted octanol–water partition coefficient (Wildman–Crippen LogP) is 3.28. The Labute approximate surface area is 121 Å². The lowest BCUT2D eigenvalue weighted by molar-refractivity contribution is 0.431. The lowest BCUT2D eigenvalue weighted by Crippen LogP contribution is -1.92. The van der Waals surface area contributed by atoms with Crippen LogP contribution in [0.15, 0.2) is 45.5 Å². The van der Waals surface area contributed by atoms with Crippen LogP contribution >= 0.6 is 15.9 Å². The van der Waals surface area contributed by atoms with Crippen molar-refractivity contribution in [3.8, 4) is 23.0 Å². The number of hydrogen-bond donors (Lipinski definition) is 1. The number of benzene rings is 1. The van der Waals surface area contributed by atoms with E-state index in [1.54, 1.807) is 24.4 Å². The molecule has 2 aromatic heterocycles. The monoisotopic (exact) mass is 334 g/mol. The lowest BCUT2D eigenvalue weighted by atomic mass is 10.2. The molecule has 0 atom stereocenters. The highest BCUT2D eigenvalue weighted by Gasteiger charge is 2.16. The summed E-state index contributed by atoms with van der Waals surface area (Å²) < 4.78 is 19.1. The fraction of sp³-hybridized carbons (Fsp3) is 0. The summed E-state index contributed by atoms with van der Waals surface area (Å²) in [4.78, 5) is 8.29. The smallest absolute Gasteiger partial charge is 0.278 e. The molecule has 0 bridgehead atoms. The first-order chi connectivity index (χ1) is 9.65. The van der Waals surface area contributed by atoms with Crippen LogP contribution in [0.1, 0.15) is 0 Å². The number of aromatic nitrogens is 3. The Balaban J connectivity index is 2.07. The largest absolute Gasteiger partial charge is 0.397 e. The molecule has 20 heavy (non-hydrogen) atoms. The zero-order valence-electron chi connectivity index (χ0n) is 10.0. The molecule has 3 aromatic rings. The molecule has 0 saturated carbocycles. The van der Waals surface area contributed by atoms with Crippen molar-refractivity contribution < 1.29 is 8.91 Å². The number of hydrogen-bond acceptors (Lipinski definition) is 5. The summed E-state index contributed by atoms with van der Waals surface area (Å²) in [5.41, 5.74) is 7.12. The van der Waals surface area contributed by atoms with Crippen LogP contribution in [-0.2, 0) is 0 Å². The van der Waals surface area contributed by atoms with Crippen LogP contribution in [0.5, 0.6) is 0 Å². The first-order valence-corrected chi connectivity index (χ1v) is 6.44. The zero-order chi connectivity index (χ0) is 14.1. The van der Waals surface area contributed by atoms with Crippen LogP contribution in [0, 0.1) is 5.82 Å². The van der Waals surface area contributed by atoms with Crippen LogP contribution in [0.2, 0.25) is 0 Å². The Bertz CT molecular complexity index is 775. The number of nitrogens with two attached hydrogens (primary N) is 1. The molecule has 5 nitrogen and oxygen atoms in total. The minimum Gasteiger partial charge on any atom is -0.397 e. The molecule has 0 spiro atoms. The Morgan fingerprint density at radius 2 is 2.10 bits per heavy atom. The van der Waals surface area contributed by atoms with E-state index in [1.165, 1.54) is 12.1 Å². The van der Waals surface area contributed by atoms with Gasteiger partial charge in [0.1, 0.15) is 5.82 Å². The van der Waals surface area contributed by atoms with Gasteiger partial charge in [-0.2, -0.15) is 4.98 Å². The van der Waals surface area contributed by atoms with Gasteiger partial charge in [-0.25, -0.2) is 9.37 Å². The SMILES string of the molecule is Nc1cccnc1-c1nc(-c2cc(F)ccc2Br)no1. The van der Waals surface area contributed by atoms with Crippen LogP contribution in [0.25, 0.3) is 23.0 Å². The topological polar surface area (TPSA) is 77.8 Å². The Hall–Kier alpha value is -2.28. The first-order valence-electron chi connectivity index (χ1n) is 5.65. The maximum atomic E-state index is 13.3. The van der Waals surface area contributed by atoms with Gasteiger partial charge in [-0.15, -0.1) is 0 Å². The second kappa shape index (κ2) is 5.01. The molecule has 7 heteroatoms. The number of halogens is 2. The fourth-order valence-electron chi connectivity index (χ4n) is 1.69. The van der Waals surface area contributed by atoms with Gasteiger partial charge in [-0.1, -0.05) is 21.1 Å². The fourth-order valence-corrected chi connectivity index (χ4v) is 2.12. The minimum atomic E-state index is -0.382. The highest BCUT2D eigenvalue weighted by atomic mass is 79.9. The summed E-state index contributed by atoms with van der Waals surface area (Å²) in [6.45, 7) is 0. The summed E-state index contributed by atoms with van der Waals surface area (Å²) in [6.07, 6.45) is 1.58. The van der Waals surface area contributed by atoms with E-state index >= 15 is 0 Å². The average molecular weight is 335 g/mol. The number of pyridine rings is 1. The number of nitrogen functional groups attached to an aromatic ring is 1. The lowest BCUT2D eigenvalue weighted by Gasteiger charge is -1.98. The molecule has 3 rings (SSSR count). The molecule has 0 saturated heterocycles. The van der Waals surface area contributed by atoms with E-state index in [0.29, 0.717) is 21.4 Å².